The summed E-state index contributed by atoms with van der Waals surface area (Å²) in [6.07, 6.45) is 5.20. The van der Waals surface area contributed by atoms with Crippen LogP contribution in [0.4, 0.5) is 0 Å². The van der Waals surface area contributed by atoms with Gasteiger partial charge in [0.2, 0.25) is 5.91 Å². The quantitative estimate of drug-likeness (QED) is 0.677. The Morgan fingerprint density at radius 3 is 2.53 bits per heavy atom. The molecule has 2 aliphatic rings. The molecule has 1 saturated heterocycles. The van der Waals surface area contributed by atoms with Gasteiger partial charge in [0.05, 0.1) is 6.04 Å². The first-order valence-corrected chi connectivity index (χ1v) is 6.94. The predicted octanol–water partition coefficient (Wildman–Crippen LogP) is 0.631. The summed E-state index contributed by atoms with van der Waals surface area (Å²) in [6.45, 7) is 5.88. The van der Waals surface area contributed by atoms with Gasteiger partial charge in [-0.2, -0.15) is 0 Å². The highest BCUT2D eigenvalue weighted by atomic mass is 16.2. The standard InChI is InChI=1S/C13H25N3O/c1-9-7-15-12(8-14-9)13(17)16-10(2)11-5-3-4-6-11/h9-12,14-15H,3-8H2,1-2H3,(H,16,17). The molecule has 0 bridgehead atoms. The lowest BCUT2D eigenvalue weighted by molar-refractivity contribution is -0.124. The maximum atomic E-state index is 12.1. The van der Waals surface area contributed by atoms with E-state index in [1.165, 1.54) is 25.7 Å². The minimum absolute atomic E-state index is 0.0601. The summed E-state index contributed by atoms with van der Waals surface area (Å²) in [5.41, 5.74) is 0. The van der Waals surface area contributed by atoms with E-state index >= 15 is 0 Å². The average Bonchev–Trinajstić information content (AvgIpc) is 2.83. The van der Waals surface area contributed by atoms with E-state index in [0.29, 0.717) is 18.0 Å². The summed E-state index contributed by atoms with van der Waals surface area (Å²) in [5.74, 6) is 0.846. The Balaban J connectivity index is 1.76. The van der Waals surface area contributed by atoms with Crippen LogP contribution in [0.3, 0.4) is 0 Å². The zero-order chi connectivity index (χ0) is 12.3. The summed E-state index contributed by atoms with van der Waals surface area (Å²) in [4.78, 5) is 12.1. The monoisotopic (exact) mass is 239 g/mol. The van der Waals surface area contributed by atoms with Crippen molar-refractivity contribution in [1.82, 2.24) is 16.0 Å². The number of piperazine rings is 1. The van der Waals surface area contributed by atoms with Crippen molar-refractivity contribution >= 4 is 5.91 Å². The van der Waals surface area contributed by atoms with Gasteiger partial charge in [-0.1, -0.05) is 12.8 Å². The summed E-state index contributed by atoms with van der Waals surface area (Å²) in [6, 6.07) is 0.729. The van der Waals surface area contributed by atoms with Crippen LogP contribution in [0.2, 0.25) is 0 Å². The van der Waals surface area contributed by atoms with Crippen LogP contribution < -0.4 is 16.0 Å². The first kappa shape index (κ1) is 12.8. The van der Waals surface area contributed by atoms with Gasteiger partial charge in [0.15, 0.2) is 0 Å². The number of rotatable bonds is 3. The molecule has 1 amide bonds. The molecule has 3 atom stereocenters. The second kappa shape index (κ2) is 5.83. The van der Waals surface area contributed by atoms with E-state index in [1.807, 2.05) is 0 Å². The molecule has 0 spiro atoms. The fourth-order valence-corrected chi connectivity index (χ4v) is 2.87. The Bertz CT molecular complexity index is 255. The van der Waals surface area contributed by atoms with Gasteiger partial charge in [0.25, 0.3) is 0 Å². The van der Waals surface area contributed by atoms with Crippen molar-refractivity contribution in [2.75, 3.05) is 13.1 Å². The van der Waals surface area contributed by atoms with Crippen LogP contribution in [0.5, 0.6) is 0 Å². The molecule has 3 unspecified atom stereocenters. The van der Waals surface area contributed by atoms with Crippen molar-refractivity contribution in [3.63, 3.8) is 0 Å². The summed E-state index contributed by atoms with van der Waals surface area (Å²) >= 11 is 0. The van der Waals surface area contributed by atoms with Crippen LogP contribution in [0, 0.1) is 5.92 Å². The first-order valence-electron chi connectivity index (χ1n) is 6.94. The number of hydrogen-bond donors (Lipinski definition) is 3. The van der Waals surface area contributed by atoms with E-state index in [4.69, 9.17) is 0 Å². The zero-order valence-electron chi connectivity index (χ0n) is 11.0. The molecule has 4 nitrogen and oxygen atoms in total. The van der Waals surface area contributed by atoms with E-state index in [0.717, 1.165) is 13.1 Å². The van der Waals surface area contributed by atoms with Crippen LogP contribution in [0.25, 0.3) is 0 Å². The molecule has 2 fully saturated rings. The van der Waals surface area contributed by atoms with Crippen LogP contribution in [0.1, 0.15) is 39.5 Å². The smallest absolute Gasteiger partial charge is 0.238 e. The highest BCUT2D eigenvalue weighted by Crippen LogP contribution is 2.27. The Morgan fingerprint density at radius 2 is 1.94 bits per heavy atom. The lowest BCUT2D eigenvalue weighted by Crippen LogP contribution is -2.60. The second-order valence-corrected chi connectivity index (χ2v) is 5.61. The van der Waals surface area contributed by atoms with E-state index < -0.39 is 0 Å². The number of carbonyl (C=O) groups excluding carboxylic acids is 1. The molecule has 1 saturated carbocycles. The molecule has 0 aromatic rings. The summed E-state index contributed by atoms with van der Waals surface area (Å²) in [5, 5.41) is 9.79. The SMILES string of the molecule is CC1CNC(C(=O)NC(C)C2CCCC2)CN1. The molecule has 0 radical (unpaired) electrons. The van der Waals surface area contributed by atoms with Crippen molar-refractivity contribution < 1.29 is 4.79 Å². The summed E-state index contributed by atoms with van der Waals surface area (Å²) < 4.78 is 0. The van der Waals surface area contributed by atoms with Gasteiger partial charge in [-0.15, -0.1) is 0 Å². The molecular formula is C13H25N3O. The van der Waals surface area contributed by atoms with Gasteiger partial charge < -0.3 is 16.0 Å². The van der Waals surface area contributed by atoms with E-state index in [1.54, 1.807) is 0 Å². The lowest BCUT2D eigenvalue weighted by Gasteiger charge is -2.30. The highest BCUT2D eigenvalue weighted by Gasteiger charge is 2.27. The molecule has 3 N–H and O–H groups in total. The third-order valence-corrected chi connectivity index (χ3v) is 4.13. The van der Waals surface area contributed by atoms with E-state index in [-0.39, 0.29) is 11.9 Å². The Hall–Kier alpha value is -0.610. The second-order valence-electron chi connectivity index (χ2n) is 5.61. The van der Waals surface area contributed by atoms with Gasteiger partial charge in [0.1, 0.15) is 0 Å². The molecular weight excluding hydrogens is 214 g/mol. The third kappa shape index (κ3) is 3.42. The largest absolute Gasteiger partial charge is 0.352 e. The number of hydrogen-bond acceptors (Lipinski definition) is 3. The molecule has 2 rings (SSSR count). The van der Waals surface area contributed by atoms with E-state index in [2.05, 4.69) is 29.8 Å². The lowest BCUT2D eigenvalue weighted by atomic mass is 9.99. The first-order chi connectivity index (χ1) is 8.16. The molecule has 1 heterocycles. The Labute approximate surface area is 104 Å². The zero-order valence-corrected chi connectivity index (χ0v) is 11.0. The maximum absolute atomic E-state index is 12.1. The van der Waals surface area contributed by atoms with Crippen molar-refractivity contribution in [1.29, 1.82) is 0 Å². The van der Waals surface area contributed by atoms with Crippen LogP contribution in [0.15, 0.2) is 0 Å². The normalized spacial score (nSPS) is 32.4. The molecule has 1 aliphatic carbocycles. The number of nitrogens with one attached hydrogen (secondary N) is 3. The number of amides is 1. The fourth-order valence-electron chi connectivity index (χ4n) is 2.87. The van der Waals surface area contributed by atoms with Crippen molar-refractivity contribution in [2.24, 2.45) is 5.92 Å². The van der Waals surface area contributed by atoms with Gasteiger partial charge >= 0.3 is 0 Å². The Morgan fingerprint density at radius 1 is 1.24 bits per heavy atom. The highest BCUT2D eigenvalue weighted by molar-refractivity contribution is 5.82. The number of carbonyl (C=O) groups is 1. The van der Waals surface area contributed by atoms with Crippen molar-refractivity contribution in [3.8, 4) is 0 Å². The van der Waals surface area contributed by atoms with Crippen molar-refractivity contribution in [3.05, 3.63) is 0 Å². The van der Waals surface area contributed by atoms with Crippen LogP contribution >= 0.6 is 0 Å². The van der Waals surface area contributed by atoms with Crippen LogP contribution in [-0.4, -0.2) is 37.1 Å². The molecule has 0 aromatic heterocycles. The minimum atomic E-state index is -0.0601. The molecule has 1 aliphatic heterocycles. The topological polar surface area (TPSA) is 53.2 Å². The Kier molecular flexibility index (Phi) is 4.40. The van der Waals surface area contributed by atoms with Gasteiger partial charge in [-0.05, 0) is 32.6 Å². The van der Waals surface area contributed by atoms with Crippen molar-refractivity contribution in [2.45, 2.75) is 57.7 Å². The molecule has 17 heavy (non-hydrogen) atoms. The van der Waals surface area contributed by atoms with Crippen LogP contribution in [-0.2, 0) is 4.79 Å². The molecule has 0 aromatic carbocycles. The molecule has 4 heteroatoms. The van der Waals surface area contributed by atoms with Gasteiger partial charge in [-0.3, -0.25) is 4.79 Å². The maximum Gasteiger partial charge on any atom is 0.238 e. The predicted molar refractivity (Wildman–Crippen MR) is 68.8 cm³/mol. The fraction of sp³-hybridized carbons (Fsp3) is 0.923. The van der Waals surface area contributed by atoms with Gasteiger partial charge in [-0.25, -0.2) is 0 Å². The average molecular weight is 239 g/mol. The summed E-state index contributed by atoms with van der Waals surface area (Å²) in [7, 11) is 0. The van der Waals surface area contributed by atoms with Gasteiger partial charge in [0, 0.05) is 25.2 Å². The minimum Gasteiger partial charge on any atom is -0.352 e. The molecule has 98 valence electrons. The third-order valence-electron chi connectivity index (χ3n) is 4.13. The van der Waals surface area contributed by atoms with E-state index in [9.17, 15) is 4.79 Å².